The van der Waals surface area contributed by atoms with Gasteiger partial charge in [0.05, 0.1) is 19.0 Å². The first kappa shape index (κ1) is 15.3. The molecule has 0 radical (unpaired) electrons. The molecule has 3 N–H and O–H groups in total. The molecule has 0 saturated carbocycles. The van der Waals surface area contributed by atoms with Crippen LogP contribution in [0.1, 0.15) is 21.7 Å². The van der Waals surface area contributed by atoms with Gasteiger partial charge in [-0.1, -0.05) is 11.6 Å². The van der Waals surface area contributed by atoms with Gasteiger partial charge in [-0.2, -0.15) is 5.10 Å². The maximum atomic E-state index is 11.5. The molecule has 1 heterocycles. The fourth-order valence-electron chi connectivity index (χ4n) is 1.65. The molecule has 0 fully saturated rings. The SMILES string of the molecule is Cc1ccc(O)c(C=NNC(=O)CNC(=O)c2ccco2)c1. The molecule has 1 aromatic heterocycles. The van der Waals surface area contributed by atoms with Crippen LogP contribution in [0.25, 0.3) is 0 Å². The van der Waals surface area contributed by atoms with Crippen molar-refractivity contribution in [1.82, 2.24) is 10.7 Å². The molecule has 7 heteroatoms. The number of amides is 2. The molecule has 2 rings (SSSR count). The summed E-state index contributed by atoms with van der Waals surface area (Å²) in [5.74, 6) is -0.792. The highest BCUT2D eigenvalue weighted by molar-refractivity contribution is 5.94. The number of aryl methyl sites for hydroxylation is 1. The molecule has 1 aromatic carbocycles. The van der Waals surface area contributed by atoms with Crippen molar-refractivity contribution >= 4 is 18.0 Å². The molecule has 0 bridgehead atoms. The van der Waals surface area contributed by atoms with E-state index in [1.54, 1.807) is 24.3 Å². The predicted octanol–water partition coefficient (Wildman–Crippen LogP) is 1.17. The molecule has 0 aliphatic heterocycles. The lowest BCUT2D eigenvalue weighted by Gasteiger charge is -2.02. The number of hydrogen-bond acceptors (Lipinski definition) is 5. The largest absolute Gasteiger partial charge is 0.507 e. The number of aromatic hydroxyl groups is 1. The highest BCUT2D eigenvalue weighted by Crippen LogP contribution is 2.15. The van der Waals surface area contributed by atoms with E-state index in [1.165, 1.54) is 18.5 Å². The number of furan rings is 1. The number of hydrazone groups is 1. The van der Waals surface area contributed by atoms with E-state index in [9.17, 15) is 14.7 Å². The van der Waals surface area contributed by atoms with E-state index in [2.05, 4.69) is 15.8 Å². The van der Waals surface area contributed by atoms with Crippen molar-refractivity contribution in [2.75, 3.05) is 6.54 Å². The second-order valence-electron chi connectivity index (χ2n) is 4.52. The van der Waals surface area contributed by atoms with E-state index in [1.807, 2.05) is 6.92 Å². The number of hydrogen-bond donors (Lipinski definition) is 3. The van der Waals surface area contributed by atoms with Gasteiger partial charge in [-0.05, 0) is 31.2 Å². The number of carbonyl (C=O) groups is 2. The van der Waals surface area contributed by atoms with Crippen LogP contribution in [0.2, 0.25) is 0 Å². The van der Waals surface area contributed by atoms with Crippen molar-refractivity contribution in [3.63, 3.8) is 0 Å². The van der Waals surface area contributed by atoms with Crippen LogP contribution in [0, 0.1) is 6.92 Å². The van der Waals surface area contributed by atoms with Gasteiger partial charge < -0.3 is 14.8 Å². The fraction of sp³-hybridized carbons (Fsp3) is 0.133. The molecule has 0 saturated heterocycles. The standard InChI is InChI=1S/C15H15N3O4/c1-10-4-5-12(19)11(7-10)8-17-18-14(20)9-16-15(21)13-3-2-6-22-13/h2-8,19H,9H2,1H3,(H,16,21)(H,18,20). The second-order valence-corrected chi connectivity index (χ2v) is 4.52. The monoisotopic (exact) mass is 301 g/mol. The Hall–Kier alpha value is -3.09. The minimum absolute atomic E-state index is 0.0646. The highest BCUT2D eigenvalue weighted by atomic mass is 16.3. The van der Waals surface area contributed by atoms with Crippen molar-refractivity contribution in [3.8, 4) is 5.75 Å². The number of phenolic OH excluding ortho intramolecular Hbond substituents is 1. The third-order valence-electron chi connectivity index (χ3n) is 2.73. The summed E-state index contributed by atoms with van der Waals surface area (Å²) in [7, 11) is 0. The van der Waals surface area contributed by atoms with Gasteiger partial charge >= 0.3 is 0 Å². The van der Waals surface area contributed by atoms with E-state index in [0.717, 1.165) is 5.56 Å². The zero-order valence-corrected chi connectivity index (χ0v) is 11.9. The number of rotatable bonds is 5. The minimum Gasteiger partial charge on any atom is -0.507 e. The Labute approximate surface area is 126 Å². The van der Waals surface area contributed by atoms with Crippen LogP contribution >= 0.6 is 0 Å². The lowest BCUT2D eigenvalue weighted by Crippen LogP contribution is -2.34. The molecule has 7 nitrogen and oxygen atoms in total. The van der Waals surface area contributed by atoms with Crippen LogP contribution in [-0.4, -0.2) is 29.7 Å². The third kappa shape index (κ3) is 4.20. The smallest absolute Gasteiger partial charge is 0.287 e. The molecule has 0 atom stereocenters. The first-order chi connectivity index (χ1) is 10.6. The number of benzene rings is 1. The van der Waals surface area contributed by atoms with E-state index < -0.39 is 11.8 Å². The Morgan fingerprint density at radius 3 is 2.91 bits per heavy atom. The van der Waals surface area contributed by atoms with E-state index in [0.29, 0.717) is 5.56 Å². The van der Waals surface area contributed by atoms with Crippen LogP contribution in [0.4, 0.5) is 0 Å². The molecule has 0 aliphatic carbocycles. The van der Waals surface area contributed by atoms with Gasteiger partial charge in [0.1, 0.15) is 5.75 Å². The summed E-state index contributed by atoms with van der Waals surface area (Å²) in [6, 6.07) is 8.10. The molecule has 22 heavy (non-hydrogen) atoms. The maximum Gasteiger partial charge on any atom is 0.287 e. The molecule has 2 aromatic rings. The third-order valence-corrected chi connectivity index (χ3v) is 2.73. The number of nitrogens with zero attached hydrogens (tertiary/aromatic N) is 1. The average molecular weight is 301 g/mol. The van der Waals surface area contributed by atoms with Gasteiger partial charge in [-0.15, -0.1) is 0 Å². The average Bonchev–Trinajstić information content (AvgIpc) is 3.02. The Bertz CT molecular complexity index is 693. The Balaban J connectivity index is 1.81. The van der Waals surface area contributed by atoms with E-state index in [-0.39, 0.29) is 18.1 Å². The summed E-state index contributed by atoms with van der Waals surface area (Å²) in [6.45, 7) is 1.64. The van der Waals surface area contributed by atoms with Crippen LogP contribution in [0.5, 0.6) is 5.75 Å². The molecule has 0 unspecified atom stereocenters. The molecular formula is C15H15N3O4. The number of nitrogens with one attached hydrogen (secondary N) is 2. The Kier molecular flexibility index (Phi) is 4.92. The Morgan fingerprint density at radius 2 is 2.18 bits per heavy atom. The lowest BCUT2D eigenvalue weighted by atomic mass is 10.1. The molecule has 114 valence electrons. The van der Waals surface area contributed by atoms with Crippen molar-refractivity contribution in [2.45, 2.75) is 6.92 Å². The maximum absolute atomic E-state index is 11.5. The summed E-state index contributed by atoms with van der Waals surface area (Å²) in [5.41, 5.74) is 3.69. The first-order valence-electron chi connectivity index (χ1n) is 6.49. The molecule has 2 amide bonds. The van der Waals surface area contributed by atoms with Crippen molar-refractivity contribution < 1.29 is 19.1 Å². The summed E-state index contributed by atoms with van der Waals surface area (Å²) >= 11 is 0. The molecular weight excluding hydrogens is 286 g/mol. The van der Waals surface area contributed by atoms with Gasteiger partial charge in [0.25, 0.3) is 11.8 Å². The Morgan fingerprint density at radius 1 is 1.36 bits per heavy atom. The first-order valence-corrected chi connectivity index (χ1v) is 6.49. The van der Waals surface area contributed by atoms with E-state index in [4.69, 9.17) is 4.42 Å². The van der Waals surface area contributed by atoms with Crippen molar-refractivity contribution in [2.24, 2.45) is 5.10 Å². The van der Waals surface area contributed by atoms with Crippen LogP contribution < -0.4 is 10.7 Å². The number of carbonyl (C=O) groups excluding carboxylic acids is 2. The van der Waals surface area contributed by atoms with Crippen LogP contribution in [-0.2, 0) is 4.79 Å². The zero-order chi connectivity index (χ0) is 15.9. The number of phenols is 1. The molecule has 0 aliphatic rings. The second kappa shape index (κ2) is 7.07. The highest BCUT2D eigenvalue weighted by Gasteiger charge is 2.09. The predicted molar refractivity (Wildman–Crippen MR) is 79.6 cm³/mol. The zero-order valence-electron chi connectivity index (χ0n) is 11.9. The van der Waals surface area contributed by atoms with E-state index >= 15 is 0 Å². The van der Waals surface area contributed by atoms with Gasteiger partial charge in [-0.3, -0.25) is 9.59 Å². The van der Waals surface area contributed by atoms with Crippen molar-refractivity contribution in [1.29, 1.82) is 0 Å². The van der Waals surface area contributed by atoms with Gasteiger partial charge in [-0.25, -0.2) is 5.43 Å². The summed E-state index contributed by atoms with van der Waals surface area (Å²) < 4.78 is 4.89. The van der Waals surface area contributed by atoms with Gasteiger partial charge in [0.2, 0.25) is 0 Å². The minimum atomic E-state index is -0.497. The van der Waals surface area contributed by atoms with Crippen LogP contribution in [0.3, 0.4) is 0 Å². The fourth-order valence-corrected chi connectivity index (χ4v) is 1.65. The summed E-state index contributed by atoms with van der Waals surface area (Å²) in [6.07, 6.45) is 2.70. The topological polar surface area (TPSA) is 104 Å². The van der Waals surface area contributed by atoms with Crippen LogP contribution in [0.15, 0.2) is 46.1 Å². The summed E-state index contributed by atoms with van der Waals surface area (Å²) in [4.78, 5) is 23.1. The summed E-state index contributed by atoms with van der Waals surface area (Å²) in [5, 5.41) is 15.7. The normalized spacial score (nSPS) is 10.6. The lowest BCUT2D eigenvalue weighted by molar-refractivity contribution is -0.120. The quantitative estimate of drug-likeness (QED) is 0.569. The van der Waals surface area contributed by atoms with Crippen molar-refractivity contribution in [3.05, 3.63) is 53.5 Å². The molecule has 0 spiro atoms. The van der Waals surface area contributed by atoms with Gasteiger partial charge in [0.15, 0.2) is 5.76 Å². The van der Waals surface area contributed by atoms with Gasteiger partial charge in [0, 0.05) is 5.56 Å².